The first-order valence-corrected chi connectivity index (χ1v) is 8.65. The van der Waals surface area contributed by atoms with E-state index in [0.717, 1.165) is 30.6 Å². The molecule has 3 rings (SSSR count). The summed E-state index contributed by atoms with van der Waals surface area (Å²) in [6.07, 6.45) is 3.37. The smallest absolute Gasteiger partial charge is 0.329 e. The van der Waals surface area contributed by atoms with Crippen molar-refractivity contribution < 1.29 is 19.1 Å². The Morgan fingerprint density at radius 1 is 1.21 bits per heavy atom. The minimum absolute atomic E-state index is 0.0198. The van der Waals surface area contributed by atoms with Gasteiger partial charge in [-0.3, -0.25) is 14.5 Å². The molecule has 0 N–H and O–H groups in total. The maximum Gasteiger partial charge on any atom is 0.329 e. The molecule has 1 aromatic carbocycles. The van der Waals surface area contributed by atoms with Crippen molar-refractivity contribution in [3.63, 3.8) is 0 Å². The van der Waals surface area contributed by atoms with Crippen LogP contribution in [0.25, 0.3) is 0 Å². The summed E-state index contributed by atoms with van der Waals surface area (Å²) >= 11 is 6.03. The molecular weight excluding hydrogens is 330 g/mol. The maximum absolute atomic E-state index is 12.5. The van der Waals surface area contributed by atoms with Gasteiger partial charge in [0.1, 0.15) is 12.6 Å². The quantitative estimate of drug-likeness (QED) is 0.619. The summed E-state index contributed by atoms with van der Waals surface area (Å²) in [6.45, 7) is 1.56. The maximum atomic E-state index is 12.5. The number of fused-ring (bicyclic) bond motifs is 1. The molecule has 0 spiro atoms. The summed E-state index contributed by atoms with van der Waals surface area (Å²) < 4.78 is 5.26. The van der Waals surface area contributed by atoms with Crippen molar-refractivity contribution in [1.29, 1.82) is 0 Å². The lowest BCUT2D eigenvalue weighted by atomic mass is 9.81. The lowest BCUT2D eigenvalue weighted by Crippen LogP contribution is -2.44. The Morgan fingerprint density at radius 3 is 2.38 bits per heavy atom. The molecule has 2 aliphatic rings. The van der Waals surface area contributed by atoms with Crippen molar-refractivity contribution in [2.45, 2.75) is 45.3 Å². The van der Waals surface area contributed by atoms with E-state index < -0.39 is 12.0 Å². The molecule has 6 heteroatoms. The molecule has 24 heavy (non-hydrogen) atoms. The second-order valence-corrected chi connectivity index (χ2v) is 6.83. The van der Waals surface area contributed by atoms with Gasteiger partial charge < -0.3 is 4.74 Å². The highest BCUT2D eigenvalue weighted by atomic mass is 35.5. The van der Waals surface area contributed by atoms with Crippen LogP contribution in [0.1, 0.15) is 38.2 Å². The standard InChI is InChI=1S/C18H20ClNO4/c1-11(18(23)24-10-12-6-2-5-9-15(12)19)20-16(21)13-7-3-4-8-14(13)17(20)22/h2,5-6,9,11,13-14H,3-4,7-8,10H2,1H3/t11-,13?,14?/m0/s1. The SMILES string of the molecule is C[C@@H](C(=O)OCc1ccccc1Cl)N1C(=O)C2CCCCC2C1=O. The lowest BCUT2D eigenvalue weighted by molar-refractivity contribution is -0.159. The summed E-state index contributed by atoms with van der Waals surface area (Å²) in [6, 6.07) is 6.17. The first-order valence-electron chi connectivity index (χ1n) is 8.27. The van der Waals surface area contributed by atoms with Crippen LogP contribution >= 0.6 is 11.6 Å². The van der Waals surface area contributed by atoms with E-state index in [0.29, 0.717) is 10.6 Å². The second-order valence-electron chi connectivity index (χ2n) is 6.42. The normalized spacial score (nSPS) is 24.7. The first kappa shape index (κ1) is 17.0. The van der Waals surface area contributed by atoms with Crippen LogP contribution in [0.15, 0.2) is 24.3 Å². The summed E-state index contributed by atoms with van der Waals surface area (Å²) in [7, 11) is 0. The van der Waals surface area contributed by atoms with Crippen LogP contribution in [0.2, 0.25) is 5.02 Å². The largest absolute Gasteiger partial charge is 0.459 e. The van der Waals surface area contributed by atoms with Crippen molar-refractivity contribution >= 4 is 29.4 Å². The molecule has 1 aromatic rings. The van der Waals surface area contributed by atoms with Crippen molar-refractivity contribution in [1.82, 2.24) is 4.90 Å². The third-order valence-corrected chi connectivity index (χ3v) is 5.30. The van der Waals surface area contributed by atoms with Gasteiger partial charge in [-0.05, 0) is 25.8 Å². The molecule has 1 saturated carbocycles. The van der Waals surface area contributed by atoms with Gasteiger partial charge in [0.15, 0.2) is 0 Å². The average molecular weight is 350 g/mol. The number of imide groups is 1. The Labute approximate surface area is 145 Å². The fourth-order valence-electron chi connectivity index (χ4n) is 3.56. The zero-order valence-electron chi connectivity index (χ0n) is 13.5. The summed E-state index contributed by atoms with van der Waals surface area (Å²) in [5.74, 6) is -1.57. The minimum Gasteiger partial charge on any atom is -0.459 e. The molecule has 1 aliphatic carbocycles. The van der Waals surface area contributed by atoms with E-state index in [4.69, 9.17) is 16.3 Å². The van der Waals surface area contributed by atoms with Crippen molar-refractivity contribution in [2.75, 3.05) is 0 Å². The van der Waals surface area contributed by atoms with Gasteiger partial charge in [-0.15, -0.1) is 0 Å². The Hall–Kier alpha value is -1.88. The van der Waals surface area contributed by atoms with Crippen molar-refractivity contribution in [3.8, 4) is 0 Å². The Bertz CT molecular complexity index is 651. The van der Waals surface area contributed by atoms with E-state index in [1.54, 1.807) is 31.2 Å². The third kappa shape index (κ3) is 3.05. The second kappa shape index (κ2) is 6.93. The number of amides is 2. The molecule has 3 atom stereocenters. The number of carbonyl (C=O) groups excluding carboxylic acids is 3. The van der Waals surface area contributed by atoms with Crippen LogP contribution in [-0.2, 0) is 25.7 Å². The summed E-state index contributed by atoms with van der Waals surface area (Å²) in [5, 5.41) is 0.511. The van der Waals surface area contributed by atoms with Crippen LogP contribution in [0, 0.1) is 11.8 Å². The third-order valence-electron chi connectivity index (χ3n) is 4.93. The number of nitrogens with zero attached hydrogens (tertiary/aromatic N) is 1. The summed E-state index contributed by atoms with van der Waals surface area (Å²) in [5.41, 5.74) is 0.687. The number of rotatable bonds is 4. The van der Waals surface area contributed by atoms with Gasteiger partial charge in [0, 0.05) is 10.6 Å². The van der Waals surface area contributed by atoms with Gasteiger partial charge in [-0.1, -0.05) is 42.6 Å². The lowest BCUT2D eigenvalue weighted by Gasteiger charge is -2.21. The van der Waals surface area contributed by atoms with Crippen LogP contribution in [0.5, 0.6) is 0 Å². The molecule has 1 aliphatic heterocycles. The number of likely N-dealkylation sites (tertiary alicyclic amines) is 1. The van der Waals surface area contributed by atoms with Crippen LogP contribution in [-0.4, -0.2) is 28.7 Å². The molecule has 128 valence electrons. The number of ether oxygens (including phenoxy) is 1. The molecule has 1 heterocycles. The fourth-order valence-corrected chi connectivity index (χ4v) is 3.75. The van der Waals surface area contributed by atoms with Crippen molar-refractivity contribution in [2.24, 2.45) is 11.8 Å². The Kier molecular flexibility index (Phi) is 4.90. The summed E-state index contributed by atoms with van der Waals surface area (Å²) in [4.78, 5) is 38.4. The first-order chi connectivity index (χ1) is 11.5. The molecular formula is C18H20ClNO4. The average Bonchev–Trinajstić information content (AvgIpc) is 2.85. The highest BCUT2D eigenvalue weighted by Gasteiger charge is 2.51. The monoisotopic (exact) mass is 349 g/mol. The molecule has 2 fully saturated rings. The van der Waals surface area contributed by atoms with Crippen LogP contribution in [0.3, 0.4) is 0 Å². The van der Waals surface area contributed by atoms with Crippen LogP contribution < -0.4 is 0 Å². The molecule has 0 aromatic heterocycles. The molecule has 2 amide bonds. The zero-order valence-corrected chi connectivity index (χ0v) is 14.3. The number of hydrogen-bond acceptors (Lipinski definition) is 4. The number of hydrogen-bond donors (Lipinski definition) is 0. The van der Waals surface area contributed by atoms with Gasteiger partial charge in [-0.25, -0.2) is 4.79 Å². The van der Waals surface area contributed by atoms with Gasteiger partial charge in [-0.2, -0.15) is 0 Å². The predicted molar refractivity (Wildman–Crippen MR) is 88.0 cm³/mol. The fraction of sp³-hybridized carbons (Fsp3) is 0.500. The predicted octanol–water partition coefficient (Wildman–Crippen LogP) is 2.95. The number of carbonyl (C=O) groups is 3. The van der Waals surface area contributed by atoms with E-state index in [1.165, 1.54) is 0 Å². The van der Waals surface area contributed by atoms with E-state index in [-0.39, 0.29) is 30.3 Å². The topological polar surface area (TPSA) is 63.7 Å². The number of halogens is 1. The highest BCUT2D eigenvalue weighted by molar-refractivity contribution is 6.31. The minimum atomic E-state index is -0.905. The van der Waals surface area contributed by atoms with E-state index in [2.05, 4.69) is 0 Å². The molecule has 1 saturated heterocycles. The van der Waals surface area contributed by atoms with Gasteiger partial charge in [0.05, 0.1) is 11.8 Å². The number of esters is 1. The Balaban J connectivity index is 1.66. The molecule has 5 nitrogen and oxygen atoms in total. The molecule has 0 bridgehead atoms. The van der Waals surface area contributed by atoms with Crippen molar-refractivity contribution in [3.05, 3.63) is 34.9 Å². The molecule has 0 radical (unpaired) electrons. The van der Waals surface area contributed by atoms with Gasteiger partial charge in [0.25, 0.3) is 0 Å². The number of benzene rings is 1. The van der Waals surface area contributed by atoms with Gasteiger partial charge in [0.2, 0.25) is 11.8 Å². The van der Waals surface area contributed by atoms with Crippen LogP contribution in [0.4, 0.5) is 0 Å². The van der Waals surface area contributed by atoms with E-state index in [9.17, 15) is 14.4 Å². The highest BCUT2D eigenvalue weighted by Crippen LogP contribution is 2.38. The zero-order chi connectivity index (χ0) is 17.3. The molecule has 2 unspecified atom stereocenters. The van der Waals surface area contributed by atoms with E-state index >= 15 is 0 Å². The van der Waals surface area contributed by atoms with E-state index in [1.807, 2.05) is 0 Å². The Morgan fingerprint density at radius 2 is 1.79 bits per heavy atom. The van der Waals surface area contributed by atoms with Gasteiger partial charge >= 0.3 is 5.97 Å².